The lowest BCUT2D eigenvalue weighted by Gasteiger charge is -2.19. The normalized spacial score (nSPS) is 15.8. The van der Waals surface area contributed by atoms with Gasteiger partial charge >= 0.3 is 17.5 Å². The fourth-order valence-electron chi connectivity index (χ4n) is 2.62. The number of carboxylic acid groups (broad SMARTS) is 1. The third kappa shape index (κ3) is 3.71. The Balaban J connectivity index is 1.71. The molecule has 1 aromatic carbocycles. The van der Waals surface area contributed by atoms with Gasteiger partial charge in [0.25, 0.3) is 0 Å². The quantitative estimate of drug-likeness (QED) is 0.475. The lowest BCUT2D eigenvalue weighted by atomic mass is 10.2. The van der Waals surface area contributed by atoms with Crippen LogP contribution < -0.4 is 11.4 Å². The number of ether oxygens (including phenoxy) is 1. The molecule has 0 radical (unpaired) electrons. The fourth-order valence-corrected chi connectivity index (χ4v) is 3.50. The summed E-state index contributed by atoms with van der Waals surface area (Å²) in [5, 5.41) is 8.77. The van der Waals surface area contributed by atoms with E-state index in [-0.39, 0.29) is 13.1 Å². The van der Waals surface area contributed by atoms with E-state index in [2.05, 4.69) is 4.74 Å². The van der Waals surface area contributed by atoms with Crippen molar-refractivity contribution in [2.45, 2.75) is 25.1 Å². The second-order valence-corrected chi connectivity index (χ2v) is 6.49. The van der Waals surface area contributed by atoms with Crippen molar-refractivity contribution in [1.29, 1.82) is 0 Å². The first kappa shape index (κ1) is 17.2. The first-order valence-corrected chi connectivity index (χ1v) is 8.83. The molecule has 1 unspecified atom stereocenters. The third-order valence-electron chi connectivity index (χ3n) is 3.75. The highest BCUT2D eigenvalue weighted by Crippen LogP contribution is 2.13. The van der Waals surface area contributed by atoms with Crippen LogP contribution in [-0.4, -0.2) is 30.9 Å². The second-order valence-electron chi connectivity index (χ2n) is 5.38. The van der Waals surface area contributed by atoms with Crippen LogP contribution in [-0.2, 0) is 23.6 Å². The first-order valence-electron chi connectivity index (χ1n) is 7.68. The number of allylic oxidation sites excluding steroid dienone is 1. The molecule has 8 nitrogen and oxygen atoms in total. The molecule has 0 saturated heterocycles. The molecular formula is C16H17N3O5S. The van der Waals surface area contributed by atoms with Crippen molar-refractivity contribution >= 4 is 17.9 Å². The van der Waals surface area contributed by atoms with Gasteiger partial charge in [-0.05, 0) is 11.6 Å². The lowest BCUT2D eigenvalue weighted by Crippen LogP contribution is -2.34. The number of rotatable bonds is 6. The average molecular weight is 363 g/mol. The van der Waals surface area contributed by atoms with E-state index in [0.717, 1.165) is 15.0 Å². The van der Waals surface area contributed by atoms with Gasteiger partial charge in [0, 0.05) is 18.1 Å². The van der Waals surface area contributed by atoms with Crippen molar-refractivity contribution < 1.29 is 14.6 Å². The van der Waals surface area contributed by atoms with Crippen molar-refractivity contribution in [3.05, 3.63) is 69.0 Å². The minimum Gasteiger partial charge on any atom is -0.450 e. The minimum atomic E-state index is -1.51. The van der Waals surface area contributed by atoms with Crippen LogP contribution in [0, 0.1) is 0 Å². The van der Waals surface area contributed by atoms with Crippen molar-refractivity contribution in [3.8, 4) is 0 Å². The Bertz CT molecular complexity index is 897. The zero-order chi connectivity index (χ0) is 17.8. The van der Waals surface area contributed by atoms with Gasteiger partial charge in [-0.1, -0.05) is 36.4 Å². The molecule has 9 heteroatoms. The fraction of sp³-hybridized carbons (Fsp3) is 0.312. The van der Waals surface area contributed by atoms with Crippen LogP contribution in [0.1, 0.15) is 11.8 Å². The molecule has 1 N–H and O–H groups in total. The summed E-state index contributed by atoms with van der Waals surface area (Å²) in [6.07, 6.45) is 0.421. The van der Waals surface area contributed by atoms with Crippen LogP contribution in [0.4, 0.5) is 4.79 Å². The van der Waals surface area contributed by atoms with E-state index in [0.29, 0.717) is 5.75 Å². The van der Waals surface area contributed by atoms with E-state index in [1.165, 1.54) is 16.3 Å². The van der Waals surface area contributed by atoms with Gasteiger partial charge in [-0.2, -0.15) is 16.4 Å². The topological polar surface area (TPSA) is 95.5 Å². The summed E-state index contributed by atoms with van der Waals surface area (Å²) in [6.45, 7) is 0.458. The zero-order valence-electron chi connectivity index (χ0n) is 13.3. The molecule has 0 spiro atoms. The summed E-state index contributed by atoms with van der Waals surface area (Å²) in [7, 11) is 0. The Hall–Kier alpha value is -2.68. The SMILES string of the molecule is O=C(O)OC1C=CCn2c(=O)n(CCSCc3ccccc3)c(=O)n21. The Kier molecular flexibility index (Phi) is 5.13. The molecule has 0 amide bonds. The van der Waals surface area contributed by atoms with Crippen LogP contribution in [0.25, 0.3) is 0 Å². The maximum absolute atomic E-state index is 12.5. The predicted molar refractivity (Wildman–Crippen MR) is 92.8 cm³/mol. The van der Waals surface area contributed by atoms with Gasteiger partial charge in [0.1, 0.15) is 0 Å². The highest BCUT2D eigenvalue weighted by atomic mass is 32.2. The van der Waals surface area contributed by atoms with Crippen LogP contribution in [0.15, 0.2) is 52.1 Å². The predicted octanol–water partition coefficient (Wildman–Crippen LogP) is 1.51. The van der Waals surface area contributed by atoms with Crippen molar-refractivity contribution in [2.75, 3.05) is 5.75 Å². The molecule has 1 aliphatic rings. The van der Waals surface area contributed by atoms with Crippen molar-refractivity contribution in [1.82, 2.24) is 13.9 Å². The summed E-state index contributed by atoms with van der Waals surface area (Å²) < 4.78 is 8.01. The van der Waals surface area contributed by atoms with E-state index in [9.17, 15) is 14.4 Å². The summed E-state index contributed by atoms with van der Waals surface area (Å²) in [4.78, 5) is 35.6. The molecule has 2 heterocycles. The van der Waals surface area contributed by atoms with Crippen molar-refractivity contribution in [3.63, 3.8) is 0 Å². The molecule has 2 aromatic rings. The molecule has 25 heavy (non-hydrogen) atoms. The summed E-state index contributed by atoms with van der Waals surface area (Å²) >= 11 is 1.62. The van der Waals surface area contributed by atoms with Gasteiger partial charge in [0.15, 0.2) is 0 Å². The smallest absolute Gasteiger partial charge is 0.450 e. The largest absolute Gasteiger partial charge is 0.508 e. The maximum Gasteiger partial charge on any atom is 0.508 e. The van der Waals surface area contributed by atoms with Gasteiger partial charge in [-0.3, -0.25) is 0 Å². The molecular weight excluding hydrogens is 346 g/mol. The maximum atomic E-state index is 12.5. The zero-order valence-corrected chi connectivity index (χ0v) is 14.1. The van der Waals surface area contributed by atoms with Gasteiger partial charge in [0.05, 0.1) is 6.54 Å². The van der Waals surface area contributed by atoms with E-state index in [1.54, 1.807) is 17.8 Å². The summed E-state index contributed by atoms with van der Waals surface area (Å²) in [5.41, 5.74) is 0.140. The molecule has 0 bridgehead atoms. The number of hydrogen-bond acceptors (Lipinski definition) is 5. The second kappa shape index (κ2) is 7.47. The third-order valence-corrected chi connectivity index (χ3v) is 4.76. The number of aromatic nitrogens is 3. The Labute approximate surface area is 146 Å². The van der Waals surface area contributed by atoms with Crippen LogP contribution in [0.5, 0.6) is 0 Å². The van der Waals surface area contributed by atoms with Gasteiger partial charge in [0.2, 0.25) is 6.23 Å². The van der Waals surface area contributed by atoms with Gasteiger partial charge in [-0.25, -0.2) is 23.6 Å². The van der Waals surface area contributed by atoms with Crippen molar-refractivity contribution in [2.24, 2.45) is 0 Å². The van der Waals surface area contributed by atoms with E-state index >= 15 is 0 Å². The Morgan fingerprint density at radius 3 is 2.72 bits per heavy atom. The van der Waals surface area contributed by atoms with Gasteiger partial charge in [-0.15, -0.1) is 0 Å². The lowest BCUT2D eigenvalue weighted by molar-refractivity contribution is 0.0256. The number of carbonyl (C=O) groups is 1. The number of thioether (sulfide) groups is 1. The Morgan fingerprint density at radius 2 is 2.00 bits per heavy atom. The molecule has 1 aromatic heterocycles. The summed E-state index contributed by atoms with van der Waals surface area (Å²) in [5.74, 6) is 1.38. The highest BCUT2D eigenvalue weighted by molar-refractivity contribution is 7.98. The molecule has 132 valence electrons. The molecule has 1 aliphatic heterocycles. The van der Waals surface area contributed by atoms with E-state index < -0.39 is 23.8 Å². The van der Waals surface area contributed by atoms with Gasteiger partial charge < -0.3 is 9.84 Å². The molecule has 3 rings (SSSR count). The number of fused-ring (bicyclic) bond motifs is 1. The van der Waals surface area contributed by atoms with Crippen LogP contribution in [0.3, 0.4) is 0 Å². The summed E-state index contributed by atoms with van der Waals surface area (Å²) in [6, 6.07) is 9.91. The monoisotopic (exact) mass is 363 g/mol. The standard InChI is InChI=1S/C16H17N3O5S/c20-14-17(9-10-25-11-12-5-2-1-3-6-12)15(21)19-13(24-16(22)23)7-4-8-18(14)19/h1-7,13H,8-11H2,(H,22,23). The van der Waals surface area contributed by atoms with Crippen LogP contribution >= 0.6 is 11.8 Å². The first-order chi connectivity index (χ1) is 12.1. The van der Waals surface area contributed by atoms with Crippen LogP contribution in [0.2, 0.25) is 0 Å². The van der Waals surface area contributed by atoms with E-state index in [1.807, 2.05) is 30.3 Å². The highest BCUT2D eigenvalue weighted by Gasteiger charge is 2.25. The van der Waals surface area contributed by atoms with E-state index in [4.69, 9.17) is 5.11 Å². The molecule has 1 atom stereocenters. The number of hydrogen-bond donors (Lipinski definition) is 1. The minimum absolute atomic E-state index is 0.206. The average Bonchev–Trinajstić information content (AvgIpc) is 2.84. The number of nitrogens with zero attached hydrogens (tertiary/aromatic N) is 3. The molecule has 0 fully saturated rings. The molecule has 0 aliphatic carbocycles. The molecule has 0 saturated carbocycles. The number of benzene rings is 1. The Morgan fingerprint density at radius 1 is 1.24 bits per heavy atom.